The van der Waals surface area contributed by atoms with Crippen molar-refractivity contribution in [2.75, 3.05) is 5.75 Å². The number of para-hydroxylation sites is 1. The second kappa shape index (κ2) is 8.52. The highest BCUT2D eigenvalue weighted by Gasteiger charge is 2.29. The summed E-state index contributed by atoms with van der Waals surface area (Å²) in [5.74, 6) is -0.0620. The second-order valence-electron chi connectivity index (χ2n) is 6.13. The highest BCUT2D eigenvalue weighted by molar-refractivity contribution is 7.99. The maximum Gasteiger partial charge on any atom is 0.416 e. The lowest BCUT2D eigenvalue weighted by Crippen LogP contribution is -2.24. The van der Waals surface area contributed by atoms with Gasteiger partial charge in [-0.05, 0) is 36.2 Å². The number of imidazole rings is 1. The molecule has 146 valence electrons. The van der Waals surface area contributed by atoms with E-state index in [9.17, 15) is 18.0 Å². The lowest BCUT2D eigenvalue weighted by molar-refractivity contribution is -0.137. The summed E-state index contributed by atoms with van der Waals surface area (Å²) in [6.45, 7) is 2.17. The van der Waals surface area contributed by atoms with E-state index in [0.717, 1.165) is 23.4 Å². The first-order valence-electron chi connectivity index (χ1n) is 8.49. The largest absolute Gasteiger partial charge is 0.416 e. The number of benzene rings is 2. The molecule has 0 aliphatic carbocycles. The molecule has 0 radical (unpaired) electrons. The summed E-state index contributed by atoms with van der Waals surface area (Å²) in [5, 5.41) is 3.41. The third-order valence-corrected chi connectivity index (χ3v) is 5.05. The third kappa shape index (κ3) is 4.95. The van der Waals surface area contributed by atoms with Crippen molar-refractivity contribution in [3.63, 3.8) is 0 Å². The fourth-order valence-corrected chi connectivity index (χ4v) is 3.40. The van der Waals surface area contributed by atoms with E-state index in [1.807, 2.05) is 42.0 Å². The first kappa shape index (κ1) is 20.0. The zero-order valence-electron chi connectivity index (χ0n) is 15.0. The fraction of sp³-hybridized carbons (Fsp3) is 0.200. The molecule has 0 bridgehead atoms. The summed E-state index contributed by atoms with van der Waals surface area (Å²) < 4.78 is 39.6. The van der Waals surface area contributed by atoms with E-state index in [1.165, 1.54) is 23.9 Å². The van der Waals surface area contributed by atoms with Crippen molar-refractivity contribution in [2.45, 2.75) is 24.8 Å². The molecule has 8 heteroatoms. The number of halogens is 3. The Morgan fingerprint density at radius 3 is 2.54 bits per heavy atom. The number of alkyl halides is 3. The van der Waals surface area contributed by atoms with Crippen molar-refractivity contribution in [1.82, 2.24) is 14.9 Å². The van der Waals surface area contributed by atoms with Crippen LogP contribution in [0.3, 0.4) is 0 Å². The number of nitrogens with one attached hydrogen (secondary N) is 1. The van der Waals surface area contributed by atoms with E-state index in [4.69, 9.17) is 0 Å². The van der Waals surface area contributed by atoms with Gasteiger partial charge in [0.2, 0.25) is 5.91 Å². The monoisotopic (exact) mass is 405 g/mol. The van der Waals surface area contributed by atoms with Crippen LogP contribution >= 0.6 is 11.8 Å². The highest BCUT2D eigenvalue weighted by atomic mass is 32.2. The number of carbonyl (C=O) groups is 1. The van der Waals surface area contributed by atoms with E-state index in [2.05, 4.69) is 10.3 Å². The van der Waals surface area contributed by atoms with Crippen molar-refractivity contribution in [2.24, 2.45) is 0 Å². The number of carbonyl (C=O) groups excluding carboxylic acids is 1. The van der Waals surface area contributed by atoms with Gasteiger partial charge in [-0.1, -0.05) is 42.1 Å². The summed E-state index contributed by atoms with van der Waals surface area (Å²) in [4.78, 5) is 16.4. The first-order chi connectivity index (χ1) is 13.3. The summed E-state index contributed by atoms with van der Waals surface area (Å²) in [5.41, 5.74) is 1.98. The molecule has 1 aromatic heterocycles. The number of thioether (sulfide) groups is 1. The smallest absolute Gasteiger partial charge is 0.351 e. The van der Waals surface area contributed by atoms with E-state index in [1.54, 1.807) is 6.20 Å². The highest BCUT2D eigenvalue weighted by Crippen LogP contribution is 2.29. The van der Waals surface area contributed by atoms with Crippen LogP contribution < -0.4 is 5.32 Å². The molecular weight excluding hydrogens is 387 g/mol. The van der Waals surface area contributed by atoms with Crippen molar-refractivity contribution in [1.29, 1.82) is 0 Å². The number of aromatic nitrogens is 2. The van der Waals surface area contributed by atoms with Gasteiger partial charge in [-0.15, -0.1) is 0 Å². The number of amides is 1. The molecule has 0 saturated heterocycles. The summed E-state index contributed by atoms with van der Waals surface area (Å²) >= 11 is 1.30. The van der Waals surface area contributed by atoms with Crippen LogP contribution in [-0.4, -0.2) is 21.2 Å². The topological polar surface area (TPSA) is 46.9 Å². The predicted octanol–water partition coefficient (Wildman–Crippen LogP) is 4.61. The molecular formula is C20H18F3N3OS. The number of hydrogen-bond donors (Lipinski definition) is 1. The Balaban J connectivity index is 1.55. The Bertz CT molecular complexity index is 952. The van der Waals surface area contributed by atoms with Gasteiger partial charge in [0.1, 0.15) is 0 Å². The first-order valence-corrected chi connectivity index (χ1v) is 9.48. The number of hydrogen-bond acceptors (Lipinski definition) is 3. The van der Waals surface area contributed by atoms with Gasteiger partial charge in [-0.3, -0.25) is 9.36 Å². The molecule has 3 aromatic rings. The Hall–Kier alpha value is -2.74. The second-order valence-corrected chi connectivity index (χ2v) is 7.07. The number of rotatable bonds is 6. The molecule has 0 fully saturated rings. The molecule has 0 aliphatic heterocycles. The maximum absolute atomic E-state index is 12.6. The Labute approximate surface area is 164 Å². The van der Waals surface area contributed by atoms with Crippen LogP contribution in [0.2, 0.25) is 0 Å². The normalized spacial score (nSPS) is 11.4. The SMILES string of the molecule is Cc1ccccc1-n1ccnc1SCC(=O)NCc1ccc(C(F)(F)F)cc1. The summed E-state index contributed by atoms with van der Waals surface area (Å²) in [6, 6.07) is 12.6. The van der Waals surface area contributed by atoms with Crippen molar-refractivity contribution >= 4 is 17.7 Å². The molecule has 0 unspecified atom stereocenters. The lowest BCUT2D eigenvalue weighted by Gasteiger charge is -2.11. The van der Waals surface area contributed by atoms with E-state index < -0.39 is 11.7 Å². The van der Waals surface area contributed by atoms with Gasteiger partial charge in [0.25, 0.3) is 0 Å². The average Bonchev–Trinajstić information content (AvgIpc) is 3.13. The van der Waals surface area contributed by atoms with Gasteiger partial charge in [0.15, 0.2) is 5.16 Å². The number of nitrogens with zero attached hydrogens (tertiary/aromatic N) is 2. The average molecular weight is 405 g/mol. The van der Waals surface area contributed by atoms with Crippen LogP contribution in [0.15, 0.2) is 66.1 Å². The molecule has 28 heavy (non-hydrogen) atoms. The summed E-state index contributed by atoms with van der Waals surface area (Å²) in [7, 11) is 0. The van der Waals surface area contributed by atoms with Gasteiger partial charge >= 0.3 is 6.18 Å². The molecule has 0 aliphatic rings. The zero-order valence-corrected chi connectivity index (χ0v) is 15.8. The fourth-order valence-electron chi connectivity index (χ4n) is 2.61. The molecule has 0 spiro atoms. The Morgan fingerprint density at radius 2 is 1.86 bits per heavy atom. The molecule has 3 rings (SSSR count). The van der Waals surface area contributed by atoms with Gasteiger partial charge in [0, 0.05) is 18.9 Å². The summed E-state index contributed by atoms with van der Waals surface area (Å²) in [6.07, 6.45) is -0.850. The minimum absolute atomic E-state index is 0.156. The van der Waals surface area contributed by atoms with E-state index in [-0.39, 0.29) is 18.2 Å². The van der Waals surface area contributed by atoms with Gasteiger partial charge in [-0.25, -0.2) is 4.98 Å². The third-order valence-electron chi connectivity index (χ3n) is 4.09. The minimum atomic E-state index is -4.36. The van der Waals surface area contributed by atoms with Crippen LogP contribution in [0.5, 0.6) is 0 Å². The quantitative estimate of drug-likeness (QED) is 0.610. The zero-order chi connectivity index (χ0) is 20.1. The standard InChI is InChI=1S/C20H18F3N3OS/c1-14-4-2-3-5-17(14)26-11-10-24-19(26)28-13-18(27)25-12-15-6-8-16(9-7-15)20(21,22)23/h2-11H,12-13H2,1H3,(H,25,27). The van der Waals surface area contributed by atoms with Crippen LogP contribution in [0.25, 0.3) is 5.69 Å². The number of aryl methyl sites for hydroxylation is 1. The van der Waals surface area contributed by atoms with Crippen LogP contribution in [0.4, 0.5) is 13.2 Å². The van der Waals surface area contributed by atoms with Gasteiger partial charge in [-0.2, -0.15) is 13.2 Å². The van der Waals surface area contributed by atoms with E-state index in [0.29, 0.717) is 10.7 Å². The van der Waals surface area contributed by atoms with Crippen LogP contribution in [0.1, 0.15) is 16.7 Å². The molecule has 2 aromatic carbocycles. The minimum Gasteiger partial charge on any atom is -0.351 e. The molecule has 1 amide bonds. The van der Waals surface area contributed by atoms with Crippen molar-refractivity contribution in [3.05, 3.63) is 77.6 Å². The van der Waals surface area contributed by atoms with Gasteiger partial charge < -0.3 is 5.32 Å². The van der Waals surface area contributed by atoms with E-state index >= 15 is 0 Å². The molecule has 1 heterocycles. The van der Waals surface area contributed by atoms with Crippen molar-refractivity contribution in [3.8, 4) is 5.69 Å². The molecule has 0 atom stereocenters. The maximum atomic E-state index is 12.6. The lowest BCUT2D eigenvalue weighted by atomic mass is 10.1. The molecule has 0 saturated carbocycles. The Kier molecular flexibility index (Phi) is 6.08. The molecule has 4 nitrogen and oxygen atoms in total. The van der Waals surface area contributed by atoms with Gasteiger partial charge in [0.05, 0.1) is 17.0 Å². The molecule has 1 N–H and O–H groups in total. The van der Waals surface area contributed by atoms with Crippen LogP contribution in [0, 0.1) is 6.92 Å². The van der Waals surface area contributed by atoms with Crippen LogP contribution in [-0.2, 0) is 17.5 Å². The van der Waals surface area contributed by atoms with Crippen molar-refractivity contribution < 1.29 is 18.0 Å². The predicted molar refractivity (Wildman–Crippen MR) is 102 cm³/mol. The Morgan fingerprint density at radius 1 is 1.14 bits per heavy atom.